The van der Waals surface area contributed by atoms with E-state index in [9.17, 15) is 19.1 Å². The summed E-state index contributed by atoms with van der Waals surface area (Å²) in [4.78, 5) is 22.3. The first-order valence-electron chi connectivity index (χ1n) is 7.01. The smallest absolute Gasteiger partial charge is 0.221 e. The number of nitrogens with zero attached hydrogens (tertiary/aromatic N) is 1. The van der Waals surface area contributed by atoms with Crippen molar-refractivity contribution in [2.45, 2.75) is 24.8 Å². The second-order valence-electron chi connectivity index (χ2n) is 5.05. The molecule has 0 aromatic heterocycles. The second-order valence-corrected chi connectivity index (χ2v) is 6.10. The van der Waals surface area contributed by atoms with Crippen LogP contribution in [0.4, 0.5) is 0 Å². The maximum absolute atomic E-state index is 11.4. The van der Waals surface area contributed by atoms with Gasteiger partial charge in [0.15, 0.2) is 11.1 Å². The average molecular weight is 360 g/mol. The van der Waals surface area contributed by atoms with Crippen molar-refractivity contribution in [3.05, 3.63) is 33.9 Å². The Hall–Kier alpha value is -2.20. The predicted octanol–water partition coefficient (Wildman–Crippen LogP) is 0.920. The number of nitro groups is 1. The summed E-state index contributed by atoms with van der Waals surface area (Å²) in [5.74, 6) is -1.07. The summed E-state index contributed by atoms with van der Waals surface area (Å²) >= 11 is -2.17. The van der Waals surface area contributed by atoms with E-state index in [2.05, 4.69) is 0 Å². The fourth-order valence-electron chi connectivity index (χ4n) is 2.47. The van der Waals surface area contributed by atoms with E-state index in [0.717, 1.165) is 0 Å². The predicted molar refractivity (Wildman–Crippen MR) is 87.1 cm³/mol. The van der Waals surface area contributed by atoms with Crippen LogP contribution in [0.2, 0.25) is 0 Å². The Morgan fingerprint density at radius 2 is 2.08 bits per heavy atom. The van der Waals surface area contributed by atoms with E-state index in [1.165, 1.54) is 14.2 Å². The summed E-state index contributed by atoms with van der Waals surface area (Å²) in [6.45, 7) is 0. The summed E-state index contributed by atoms with van der Waals surface area (Å²) in [6, 6.07) is 3.45. The molecule has 0 saturated heterocycles. The lowest BCUT2D eigenvalue weighted by atomic mass is 9.86. The fourth-order valence-corrected chi connectivity index (χ4v) is 2.91. The molecule has 0 aliphatic heterocycles. The van der Waals surface area contributed by atoms with Crippen LogP contribution in [0.3, 0.4) is 0 Å². The molecule has 0 bridgehead atoms. The molecule has 0 spiro atoms. The van der Waals surface area contributed by atoms with Gasteiger partial charge in [0.25, 0.3) is 0 Å². The summed E-state index contributed by atoms with van der Waals surface area (Å²) in [6.07, 6.45) is -0.463. The van der Waals surface area contributed by atoms with Crippen molar-refractivity contribution in [2.24, 2.45) is 5.73 Å². The second kappa shape index (κ2) is 9.18. The van der Waals surface area contributed by atoms with Crippen molar-refractivity contribution < 1.29 is 28.0 Å². The Labute approximate surface area is 141 Å². The first kappa shape index (κ1) is 19.8. The third kappa shape index (κ3) is 5.46. The van der Waals surface area contributed by atoms with Crippen LogP contribution in [0.15, 0.2) is 18.2 Å². The van der Waals surface area contributed by atoms with E-state index in [1.54, 1.807) is 18.2 Å². The number of amides is 1. The third-order valence-corrected chi connectivity index (χ3v) is 4.17. The van der Waals surface area contributed by atoms with Gasteiger partial charge in [0.1, 0.15) is 11.5 Å². The van der Waals surface area contributed by atoms with Gasteiger partial charge in [-0.3, -0.25) is 14.9 Å². The molecule has 1 amide bonds. The van der Waals surface area contributed by atoms with Gasteiger partial charge in [-0.15, -0.1) is 0 Å². The largest absolute Gasteiger partial charge is 0.497 e. The maximum atomic E-state index is 11.4. The molecule has 3 N–H and O–H groups in total. The van der Waals surface area contributed by atoms with Gasteiger partial charge in [0.2, 0.25) is 11.9 Å². The van der Waals surface area contributed by atoms with E-state index in [1.807, 2.05) is 0 Å². The van der Waals surface area contributed by atoms with Crippen LogP contribution in [-0.4, -0.2) is 45.6 Å². The number of ether oxygens (including phenoxy) is 2. The molecule has 0 aliphatic carbocycles. The standard InChI is InChI=1S/C14H20N2O7S/c1-22-9-3-4-10(13(7-9)23-2)11(8-14(15)17)12(16(18)19)5-6-24(20)21/h3-4,7,11-12H,5-6,8H2,1-2H3,(H2,15,17)(H,20,21). The van der Waals surface area contributed by atoms with Crippen molar-refractivity contribution in [3.63, 3.8) is 0 Å². The third-order valence-electron chi connectivity index (χ3n) is 3.58. The van der Waals surface area contributed by atoms with Crippen LogP contribution in [0.25, 0.3) is 0 Å². The molecular formula is C14H20N2O7S. The minimum Gasteiger partial charge on any atom is -0.497 e. The SMILES string of the molecule is COc1ccc(C(CC(N)=O)C(CCS(=O)O)[N+](=O)[O-])c(OC)c1. The molecule has 24 heavy (non-hydrogen) atoms. The minimum atomic E-state index is -2.17. The zero-order valence-electron chi connectivity index (χ0n) is 13.3. The lowest BCUT2D eigenvalue weighted by Gasteiger charge is -2.22. The molecule has 9 nitrogen and oxygen atoms in total. The highest BCUT2D eigenvalue weighted by Crippen LogP contribution is 2.36. The van der Waals surface area contributed by atoms with Gasteiger partial charge in [-0.25, -0.2) is 4.21 Å². The van der Waals surface area contributed by atoms with E-state index in [4.69, 9.17) is 19.8 Å². The summed E-state index contributed by atoms with van der Waals surface area (Å²) < 4.78 is 30.1. The summed E-state index contributed by atoms with van der Waals surface area (Å²) in [7, 11) is 2.86. The molecule has 3 atom stereocenters. The molecule has 1 aromatic carbocycles. The summed E-state index contributed by atoms with van der Waals surface area (Å²) in [5.41, 5.74) is 5.65. The van der Waals surface area contributed by atoms with Crippen molar-refractivity contribution in [2.75, 3.05) is 20.0 Å². The van der Waals surface area contributed by atoms with Crippen molar-refractivity contribution in [3.8, 4) is 11.5 Å². The number of nitrogens with two attached hydrogens (primary N) is 1. The molecule has 1 aromatic rings. The number of benzene rings is 1. The highest BCUT2D eigenvalue weighted by molar-refractivity contribution is 7.79. The topological polar surface area (TPSA) is 142 Å². The Bertz CT molecular complexity index is 623. The van der Waals surface area contributed by atoms with Crippen molar-refractivity contribution >= 4 is 17.0 Å². The number of hydrogen-bond acceptors (Lipinski definition) is 6. The quantitative estimate of drug-likeness (QED) is 0.359. The Balaban J connectivity index is 3.30. The lowest BCUT2D eigenvalue weighted by Crippen LogP contribution is -2.32. The molecule has 134 valence electrons. The number of methoxy groups -OCH3 is 2. The zero-order chi connectivity index (χ0) is 18.3. The summed E-state index contributed by atoms with van der Waals surface area (Å²) in [5, 5.41) is 11.4. The van der Waals surface area contributed by atoms with Crippen LogP contribution >= 0.6 is 0 Å². The zero-order valence-corrected chi connectivity index (χ0v) is 14.2. The van der Waals surface area contributed by atoms with Crippen LogP contribution in [-0.2, 0) is 15.9 Å². The van der Waals surface area contributed by atoms with Gasteiger partial charge >= 0.3 is 0 Å². The van der Waals surface area contributed by atoms with Gasteiger partial charge < -0.3 is 19.8 Å². The van der Waals surface area contributed by atoms with E-state index >= 15 is 0 Å². The van der Waals surface area contributed by atoms with Gasteiger partial charge in [-0.2, -0.15) is 0 Å². The molecule has 10 heteroatoms. The Kier molecular flexibility index (Phi) is 7.59. The molecular weight excluding hydrogens is 340 g/mol. The van der Waals surface area contributed by atoms with E-state index < -0.39 is 33.9 Å². The fraction of sp³-hybridized carbons (Fsp3) is 0.500. The highest BCUT2D eigenvalue weighted by atomic mass is 32.2. The highest BCUT2D eigenvalue weighted by Gasteiger charge is 2.36. The Morgan fingerprint density at radius 1 is 1.42 bits per heavy atom. The Morgan fingerprint density at radius 3 is 2.54 bits per heavy atom. The molecule has 0 aliphatic rings. The van der Waals surface area contributed by atoms with Gasteiger partial charge in [-0.1, -0.05) is 6.07 Å². The minimum absolute atomic E-state index is 0.177. The van der Waals surface area contributed by atoms with Crippen molar-refractivity contribution in [1.29, 1.82) is 0 Å². The maximum Gasteiger partial charge on any atom is 0.221 e. The van der Waals surface area contributed by atoms with E-state index in [0.29, 0.717) is 17.1 Å². The number of carbonyl (C=O) groups is 1. The number of rotatable bonds is 10. The molecule has 3 unspecified atom stereocenters. The van der Waals surface area contributed by atoms with Crippen LogP contribution < -0.4 is 15.2 Å². The monoisotopic (exact) mass is 360 g/mol. The first-order valence-corrected chi connectivity index (χ1v) is 8.28. The van der Waals surface area contributed by atoms with E-state index in [-0.39, 0.29) is 18.6 Å². The molecule has 0 radical (unpaired) electrons. The number of carbonyl (C=O) groups excluding carboxylic acids is 1. The van der Waals surface area contributed by atoms with Crippen LogP contribution in [0.5, 0.6) is 11.5 Å². The lowest BCUT2D eigenvalue weighted by molar-refractivity contribution is -0.527. The van der Waals surface area contributed by atoms with Crippen LogP contribution in [0.1, 0.15) is 24.3 Å². The average Bonchev–Trinajstić information content (AvgIpc) is 2.52. The van der Waals surface area contributed by atoms with Crippen LogP contribution in [0, 0.1) is 10.1 Å². The van der Waals surface area contributed by atoms with Crippen molar-refractivity contribution in [1.82, 2.24) is 0 Å². The molecule has 0 saturated carbocycles. The van der Waals surface area contributed by atoms with Gasteiger partial charge in [0, 0.05) is 29.4 Å². The normalized spacial score (nSPS) is 14.5. The molecule has 1 rings (SSSR count). The molecule has 0 heterocycles. The first-order chi connectivity index (χ1) is 11.3. The number of hydrogen-bond donors (Lipinski definition) is 2. The van der Waals surface area contributed by atoms with Gasteiger partial charge in [-0.05, 0) is 6.07 Å². The number of primary amides is 1. The molecule has 0 fully saturated rings. The van der Waals surface area contributed by atoms with Gasteiger partial charge in [0.05, 0.1) is 25.9 Å².